The maximum absolute atomic E-state index is 13.5. The van der Waals surface area contributed by atoms with Gasteiger partial charge in [0.2, 0.25) is 0 Å². The number of halogens is 2. The van der Waals surface area contributed by atoms with Crippen LogP contribution < -0.4 is 5.32 Å². The van der Waals surface area contributed by atoms with Crippen molar-refractivity contribution < 1.29 is 8.78 Å². The summed E-state index contributed by atoms with van der Waals surface area (Å²) in [5, 5.41) is 7.67. The number of rotatable bonds is 2. The van der Waals surface area contributed by atoms with E-state index in [1.54, 1.807) is 4.68 Å². The predicted octanol–water partition coefficient (Wildman–Crippen LogP) is 2.37. The second-order valence-electron chi connectivity index (χ2n) is 4.57. The number of hydrogen-bond donors (Lipinski definition) is 1. The Bertz CT molecular complexity index is 592. The van der Waals surface area contributed by atoms with Crippen molar-refractivity contribution in [3.8, 4) is 0 Å². The molecule has 0 fully saturated rings. The molecule has 0 aliphatic carbocycles. The SMILES string of the molecule is CC1NCc2nn(Cc3ccc(F)cc3F)cc21. The number of aromatic nitrogens is 2. The summed E-state index contributed by atoms with van der Waals surface area (Å²) in [4.78, 5) is 0. The summed E-state index contributed by atoms with van der Waals surface area (Å²) in [5.74, 6) is -1.09. The van der Waals surface area contributed by atoms with Crippen molar-refractivity contribution in [2.45, 2.75) is 26.1 Å². The molecule has 1 aromatic carbocycles. The van der Waals surface area contributed by atoms with Crippen LogP contribution in [0.5, 0.6) is 0 Å². The van der Waals surface area contributed by atoms with E-state index in [4.69, 9.17) is 0 Å². The molecular formula is C13H13F2N3. The molecule has 0 saturated carbocycles. The third kappa shape index (κ3) is 1.90. The first-order valence-corrected chi connectivity index (χ1v) is 5.87. The van der Waals surface area contributed by atoms with Gasteiger partial charge in [0, 0.05) is 36.0 Å². The summed E-state index contributed by atoms with van der Waals surface area (Å²) in [6.45, 7) is 3.14. The zero-order chi connectivity index (χ0) is 12.7. The summed E-state index contributed by atoms with van der Waals surface area (Å²) in [6.07, 6.45) is 1.92. The first kappa shape index (κ1) is 11.3. The van der Waals surface area contributed by atoms with Crippen LogP contribution in [0.1, 0.15) is 29.8 Å². The highest BCUT2D eigenvalue weighted by atomic mass is 19.1. The van der Waals surface area contributed by atoms with E-state index in [1.807, 2.05) is 6.20 Å². The Balaban J connectivity index is 1.87. The molecule has 0 spiro atoms. The summed E-state index contributed by atoms with van der Waals surface area (Å²) < 4.78 is 28.0. The van der Waals surface area contributed by atoms with Gasteiger partial charge in [0.05, 0.1) is 12.2 Å². The van der Waals surface area contributed by atoms with Crippen molar-refractivity contribution in [2.24, 2.45) is 0 Å². The fraction of sp³-hybridized carbons (Fsp3) is 0.308. The van der Waals surface area contributed by atoms with Crippen molar-refractivity contribution in [3.63, 3.8) is 0 Å². The standard InChI is InChI=1S/C13H13F2N3/c1-8-11-7-18(17-13(11)5-16-8)6-9-2-3-10(14)4-12(9)15/h2-4,7-8,16H,5-6H2,1H3. The van der Waals surface area contributed by atoms with Gasteiger partial charge in [-0.15, -0.1) is 0 Å². The molecule has 1 unspecified atom stereocenters. The third-order valence-electron chi connectivity index (χ3n) is 3.26. The largest absolute Gasteiger partial charge is 0.304 e. The summed E-state index contributed by atoms with van der Waals surface area (Å²) in [5.41, 5.74) is 2.60. The van der Waals surface area contributed by atoms with E-state index in [0.29, 0.717) is 12.1 Å². The van der Waals surface area contributed by atoms with E-state index in [2.05, 4.69) is 17.3 Å². The van der Waals surface area contributed by atoms with Crippen LogP contribution >= 0.6 is 0 Å². The molecule has 18 heavy (non-hydrogen) atoms. The average Bonchev–Trinajstić information content (AvgIpc) is 2.86. The van der Waals surface area contributed by atoms with E-state index in [1.165, 1.54) is 12.1 Å². The maximum Gasteiger partial charge on any atom is 0.131 e. The van der Waals surface area contributed by atoms with Gasteiger partial charge in [0.15, 0.2) is 0 Å². The Labute approximate surface area is 103 Å². The smallest absolute Gasteiger partial charge is 0.131 e. The second-order valence-corrected chi connectivity index (χ2v) is 4.57. The van der Waals surface area contributed by atoms with Gasteiger partial charge in [-0.25, -0.2) is 8.78 Å². The van der Waals surface area contributed by atoms with Crippen LogP contribution in [-0.4, -0.2) is 9.78 Å². The molecule has 0 bridgehead atoms. The number of benzene rings is 1. The fourth-order valence-electron chi connectivity index (χ4n) is 2.24. The summed E-state index contributed by atoms with van der Waals surface area (Å²) in [6, 6.07) is 3.90. The zero-order valence-electron chi connectivity index (χ0n) is 9.95. The van der Waals surface area contributed by atoms with Gasteiger partial charge in [-0.2, -0.15) is 5.10 Å². The molecule has 3 rings (SSSR count). The highest BCUT2D eigenvalue weighted by Crippen LogP contribution is 2.23. The quantitative estimate of drug-likeness (QED) is 0.885. The van der Waals surface area contributed by atoms with Gasteiger partial charge in [-0.05, 0) is 13.0 Å². The van der Waals surface area contributed by atoms with Gasteiger partial charge in [0.1, 0.15) is 11.6 Å². The molecule has 0 amide bonds. The van der Waals surface area contributed by atoms with Crippen LogP contribution in [0.15, 0.2) is 24.4 Å². The van der Waals surface area contributed by atoms with Gasteiger partial charge < -0.3 is 5.32 Å². The van der Waals surface area contributed by atoms with Crippen molar-refractivity contribution in [1.82, 2.24) is 15.1 Å². The Morgan fingerprint density at radius 2 is 2.28 bits per heavy atom. The predicted molar refractivity (Wildman–Crippen MR) is 62.9 cm³/mol. The second kappa shape index (κ2) is 4.17. The van der Waals surface area contributed by atoms with Crippen LogP contribution in [0, 0.1) is 11.6 Å². The third-order valence-corrected chi connectivity index (χ3v) is 3.26. The molecule has 2 heterocycles. The monoisotopic (exact) mass is 249 g/mol. The topological polar surface area (TPSA) is 29.9 Å². The molecule has 1 aliphatic rings. The lowest BCUT2D eigenvalue weighted by atomic mass is 10.2. The molecule has 3 nitrogen and oxygen atoms in total. The minimum atomic E-state index is -0.558. The molecule has 94 valence electrons. The minimum absolute atomic E-state index is 0.284. The average molecular weight is 249 g/mol. The number of fused-ring (bicyclic) bond motifs is 1. The Hall–Kier alpha value is -1.75. The summed E-state index contributed by atoms with van der Waals surface area (Å²) in [7, 11) is 0. The lowest BCUT2D eigenvalue weighted by molar-refractivity contribution is 0.551. The van der Waals surface area contributed by atoms with Crippen LogP contribution in [0.4, 0.5) is 8.78 Å². The van der Waals surface area contributed by atoms with Crippen molar-refractivity contribution in [2.75, 3.05) is 0 Å². The van der Waals surface area contributed by atoms with Gasteiger partial charge in [0.25, 0.3) is 0 Å². The molecule has 0 radical (unpaired) electrons. The Morgan fingerprint density at radius 3 is 3.00 bits per heavy atom. The zero-order valence-corrected chi connectivity index (χ0v) is 9.95. The van der Waals surface area contributed by atoms with E-state index < -0.39 is 11.6 Å². The highest BCUT2D eigenvalue weighted by molar-refractivity contribution is 5.26. The molecular weight excluding hydrogens is 236 g/mol. The number of nitrogens with one attached hydrogen (secondary N) is 1. The van der Waals surface area contributed by atoms with Crippen LogP contribution in [0.2, 0.25) is 0 Å². The van der Waals surface area contributed by atoms with Gasteiger partial charge >= 0.3 is 0 Å². The lowest BCUT2D eigenvalue weighted by Gasteiger charge is -2.05. The normalized spacial score (nSPS) is 18.1. The highest BCUT2D eigenvalue weighted by Gasteiger charge is 2.21. The lowest BCUT2D eigenvalue weighted by Crippen LogP contribution is -2.11. The molecule has 1 aliphatic heterocycles. The molecule has 1 atom stereocenters. The van der Waals surface area contributed by atoms with Crippen molar-refractivity contribution >= 4 is 0 Å². The first-order chi connectivity index (χ1) is 8.63. The Morgan fingerprint density at radius 1 is 1.44 bits per heavy atom. The van der Waals surface area contributed by atoms with E-state index in [9.17, 15) is 8.78 Å². The van der Waals surface area contributed by atoms with Crippen LogP contribution in [0.3, 0.4) is 0 Å². The molecule has 5 heteroatoms. The van der Waals surface area contributed by atoms with Crippen LogP contribution in [0.25, 0.3) is 0 Å². The molecule has 1 N–H and O–H groups in total. The summed E-state index contributed by atoms with van der Waals surface area (Å²) >= 11 is 0. The fourth-order valence-corrected chi connectivity index (χ4v) is 2.24. The first-order valence-electron chi connectivity index (χ1n) is 5.87. The number of hydrogen-bond acceptors (Lipinski definition) is 2. The van der Waals surface area contributed by atoms with E-state index >= 15 is 0 Å². The van der Waals surface area contributed by atoms with Gasteiger partial charge in [-0.1, -0.05) is 6.07 Å². The van der Waals surface area contributed by atoms with E-state index in [0.717, 1.165) is 23.9 Å². The maximum atomic E-state index is 13.5. The molecule has 2 aromatic rings. The van der Waals surface area contributed by atoms with Crippen molar-refractivity contribution in [3.05, 3.63) is 52.9 Å². The van der Waals surface area contributed by atoms with Gasteiger partial charge in [-0.3, -0.25) is 4.68 Å². The van der Waals surface area contributed by atoms with Crippen molar-refractivity contribution in [1.29, 1.82) is 0 Å². The molecule has 0 saturated heterocycles. The Kier molecular flexibility index (Phi) is 2.63. The molecule has 1 aromatic heterocycles. The number of nitrogens with zero attached hydrogens (tertiary/aromatic N) is 2. The van der Waals surface area contributed by atoms with Crippen LogP contribution in [-0.2, 0) is 13.1 Å². The van der Waals surface area contributed by atoms with E-state index in [-0.39, 0.29) is 6.04 Å². The minimum Gasteiger partial charge on any atom is -0.304 e.